The molecular formula is C36H49N3O8. The largest absolute Gasteiger partial charge is 0.493 e. The van der Waals surface area contributed by atoms with Gasteiger partial charge in [0.05, 0.1) is 39.5 Å². The van der Waals surface area contributed by atoms with Crippen molar-refractivity contribution in [2.24, 2.45) is 11.3 Å². The van der Waals surface area contributed by atoms with Gasteiger partial charge in [-0.05, 0) is 71.9 Å². The van der Waals surface area contributed by atoms with Gasteiger partial charge in [0.25, 0.3) is 0 Å². The van der Waals surface area contributed by atoms with Crippen molar-refractivity contribution in [3.8, 4) is 28.4 Å². The smallest absolute Gasteiger partial charge is 0.303 e. The molecule has 0 heterocycles. The highest BCUT2D eigenvalue weighted by molar-refractivity contribution is 5.86. The number of hydrogen-bond acceptors (Lipinski definition) is 8. The molecule has 2 aliphatic rings. The van der Waals surface area contributed by atoms with Crippen LogP contribution < -0.4 is 35.6 Å². The second-order valence-corrected chi connectivity index (χ2v) is 13.0. The number of methoxy groups -OCH3 is 3. The number of benzene rings is 1. The Balaban J connectivity index is 1.77. The number of anilines is 1. The normalized spacial score (nSPS) is 17.9. The van der Waals surface area contributed by atoms with Crippen LogP contribution in [0, 0.1) is 11.3 Å². The van der Waals surface area contributed by atoms with E-state index in [1.165, 1.54) is 20.1 Å². The van der Waals surface area contributed by atoms with Crippen molar-refractivity contribution in [2.75, 3.05) is 33.2 Å². The summed E-state index contributed by atoms with van der Waals surface area (Å²) in [4.78, 5) is 51.7. The molecule has 2 aliphatic carbocycles. The SMILES string of the molecule is CCC(C)C(Nc1ccc2c(cc1=O)C(NC(C)=O)CCc1cc(OC)c(OC)c(OC)c1-2)C(=O)NCC1(CC(=O)O)CCCCC1. The molecule has 0 aromatic heterocycles. The third-order valence-electron chi connectivity index (χ3n) is 9.80. The average molecular weight is 652 g/mol. The lowest BCUT2D eigenvalue weighted by atomic mass is 9.71. The summed E-state index contributed by atoms with van der Waals surface area (Å²) in [5.41, 5.74) is 2.39. The Morgan fingerprint density at radius 2 is 1.72 bits per heavy atom. The predicted octanol–water partition coefficient (Wildman–Crippen LogP) is 5.23. The van der Waals surface area contributed by atoms with Crippen LogP contribution in [-0.2, 0) is 20.8 Å². The summed E-state index contributed by atoms with van der Waals surface area (Å²) < 4.78 is 17.2. The zero-order valence-corrected chi connectivity index (χ0v) is 28.4. The fourth-order valence-corrected chi connectivity index (χ4v) is 7.12. The van der Waals surface area contributed by atoms with Crippen molar-refractivity contribution in [1.29, 1.82) is 0 Å². The molecule has 3 unspecified atom stereocenters. The fraction of sp³-hybridized carbons (Fsp3) is 0.556. The number of amides is 2. The minimum absolute atomic E-state index is 0.0105. The predicted molar refractivity (Wildman–Crippen MR) is 180 cm³/mol. The van der Waals surface area contributed by atoms with Crippen molar-refractivity contribution < 1.29 is 33.7 Å². The van der Waals surface area contributed by atoms with Gasteiger partial charge in [-0.2, -0.15) is 0 Å². The third-order valence-corrected chi connectivity index (χ3v) is 9.80. The van der Waals surface area contributed by atoms with E-state index < -0.39 is 23.5 Å². The number of aryl methyl sites for hydroxylation is 1. The summed E-state index contributed by atoms with van der Waals surface area (Å²) in [5.74, 6) is -0.121. The molecule has 47 heavy (non-hydrogen) atoms. The summed E-state index contributed by atoms with van der Waals surface area (Å²) in [5, 5.41) is 18.9. The van der Waals surface area contributed by atoms with E-state index in [1.54, 1.807) is 20.3 Å². The molecule has 4 rings (SSSR count). The average Bonchev–Trinajstić information content (AvgIpc) is 3.29. The maximum Gasteiger partial charge on any atom is 0.303 e. The van der Waals surface area contributed by atoms with Crippen LogP contribution in [0.4, 0.5) is 5.69 Å². The van der Waals surface area contributed by atoms with Crippen LogP contribution in [0.3, 0.4) is 0 Å². The van der Waals surface area contributed by atoms with Crippen LogP contribution in [0.15, 0.2) is 29.1 Å². The Labute approximate surface area is 276 Å². The third kappa shape index (κ3) is 8.00. The van der Waals surface area contributed by atoms with E-state index in [0.717, 1.165) is 43.2 Å². The number of carboxylic acids is 1. The van der Waals surface area contributed by atoms with Crippen LogP contribution in [0.1, 0.15) is 89.3 Å². The van der Waals surface area contributed by atoms with Crippen LogP contribution in [0.5, 0.6) is 17.2 Å². The van der Waals surface area contributed by atoms with Crippen molar-refractivity contribution in [3.63, 3.8) is 0 Å². The number of hydrogen-bond donors (Lipinski definition) is 4. The van der Waals surface area contributed by atoms with Crippen LogP contribution in [-0.4, -0.2) is 56.8 Å². The van der Waals surface area contributed by atoms with Crippen molar-refractivity contribution in [1.82, 2.24) is 10.6 Å². The van der Waals surface area contributed by atoms with Crippen molar-refractivity contribution in [3.05, 3.63) is 45.6 Å². The molecule has 256 valence electrons. The molecule has 4 N–H and O–H groups in total. The van der Waals surface area contributed by atoms with Crippen LogP contribution in [0.2, 0.25) is 0 Å². The van der Waals surface area contributed by atoms with Gasteiger partial charge in [0, 0.05) is 19.0 Å². The molecule has 0 aliphatic heterocycles. The summed E-state index contributed by atoms with van der Waals surface area (Å²) in [6.45, 7) is 5.64. The first-order chi connectivity index (χ1) is 22.5. The monoisotopic (exact) mass is 651 g/mol. The fourth-order valence-electron chi connectivity index (χ4n) is 7.12. The van der Waals surface area contributed by atoms with E-state index in [1.807, 2.05) is 26.0 Å². The highest BCUT2D eigenvalue weighted by atomic mass is 16.5. The maximum atomic E-state index is 13.9. The number of carbonyl (C=O) groups is 3. The second kappa shape index (κ2) is 15.5. The van der Waals surface area contributed by atoms with E-state index in [0.29, 0.717) is 47.6 Å². The first-order valence-corrected chi connectivity index (χ1v) is 16.5. The Bertz CT molecular complexity index is 1540. The van der Waals surface area contributed by atoms with Gasteiger partial charge in [-0.1, -0.05) is 45.6 Å². The summed E-state index contributed by atoms with van der Waals surface area (Å²) in [6, 6.07) is 5.72. The van der Waals surface area contributed by atoms with Gasteiger partial charge in [-0.25, -0.2) is 0 Å². The Morgan fingerprint density at radius 1 is 1.02 bits per heavy atom. The van der Waals surface area contributed by atoms with E-state index in [-0.39, 0.29) is 41.8 Å². The standard InChI is InChI=1S/C36H49N3O8/c1-7-21(2)32(35(44)37-20-36(19-30(42)43)15-9-8-10-16-36)39-27-14-12-24-25(18-28(27)41)26(38-22(3)40)13-11-23-17-29(45-4)33(46-5)34(47-6)31(23)24/h12,14,17-18,21,26,32H,7-11,13,15-16,19-20H2,1-6H3,(H,37,44)(H,38,40)(H,39,41)(H,42,43). The molecular weight excluding hydrogens is 602 g/mol. The molecule has 11 heteroatoms. The molecule has 3 atom stereocenters. The lowest BCUT2D eigenvalue weighted by molar-refractivity contribution is -0.141. The van der Waals surface area contributed by atoms with Gasteiger partial charge in [0.15, 0.2) is 11.5 Å². The first-order valence-electron chi connectivity index (χ1n) is 16.5. The molecule has 2 aromatic carbocycles. The summed E-state index contributed by atoms with van der Waals surface area (Å²) in [7, 11) is 4.64. The van der Waals surface area contributed by atoms with E-state index in [4.69, 9.17) is 14.2 Å². The minimum Gasteiger partial charge on any atom is -0.493 e. The molecule has 0 saturated heterocycles. The number of carboxylic acid groups (broad SMARTS) is 1. The molecule has 0 bridgehead atoms. The van der Waals surface area contributed by atoms with Gasteiger partial charge in [-0.3, -0.25) is 19.2 Å². The summed E-state index contributed by atoms with van der Waals surface area (Å²) in [6.07, 6.45) is 6.23. The summed E-state index contributed by atoms with van der Waals surface area (Å²) >= 11 is 0. The van der Waals surface area contributed by atoms with Crippen LogP contribution in [0.25, 0.3) is 11.1 Å². The maximum absolute atomic E-state index is 13.9. The number of fused-ring (bicyclic) bond motifs is 3. The molecule has 0 spiro atoms. The lowest BCUT2D eigenvalue weighted by Gasteiger charge is -2.37. The zero-order chi connectivity index (χ0) is 34.3. The molecule has 1 saturated carbocycles. The van der Waals surface area contributed by atoms with Gasteiger partial charge >= 0.3 is 5.97 Å². The number of ether oxygens (including phenoxy) is 3. The molecule has 0 radical (unpaired) electrons. The molecule has 1 fully saturated rings. The quantitative estimate of drug-likeness (QED) is 0.228. The van der Waals surface area contributed by atoms with Gasteiger partial charge in [0.2, 0.25) is 23.0 Å². The number of aliphatic carboxylic acids is 1. The zero-order valence-electron chi connectivity index (χ0n) is 28.4. The number of nitrogens with one attached hydrogen (secondary N) is 3. The number of rotatable bonds is 13. The van der Waals surface area contributed by atoms with Gasteiger partial charge < -0.3 is 35.3 Å². The second-order valence-electron chi connectivity index (χ2n) is 13.0. The Kier molecular flexibility index (Phi) is 11.8. The Hall–Kier alpha value is -4.28. The molecule has 2 aromatic rings. The first kappa shape index (κ1) is 35.6. The van der Waals surface area contributed by atoms with E-state index in [9.17, 15) is 24.3 Å². The van der Waals surface area contributed by atoms with E-state index in [2.05, 4.69) is 16.0 Å². The van der Waals surface area contributed by atoms with Crippen molar-refractivity contribution in [2.45, 2.75) is 90.6 Å². The lowest BCUT2D eigenvalue weighted by Crippen LogP contribution is -2.48. The van der Waals surface area contributed by atoms with E-state index >= 15 is 0 Å². The highest BCUT2D eigenvalue weighted by Gasteiger charge is 2.36. The van der Waals surface area contributed by atoms with Gasteiger partial charge in [-0.15, -0.1) is 0 Å². The minimum atomic E-state index is -0.864. The van der Waals surface area contributed by atoms with Crippen molar-refractivity contribution >= 4 is 23.5 Å². The van der Waals surface area contributed by atoms with Crippen LogP contribution >= 0.6 is 0 Å². The number of carbonyl (C=O) groups excluding carboxylic acids is 2. The Morgan fingerprint density at radius 3 is 2.32 bits per heavy atom. The topological polar surface area (TPSA) is 152 Å². The molecule has 11 nitrogen and oxygen atoms in total. The van der Waals surface area contributed by atoms with Gasteiger partial charge in [0.1, 0.15) is 6.04 Å². The molecule has 2 amide bonds. The highest BCUT2D eigenvalue weighted by Crippen LogP contribution is 2.50.